The minimum atomic E-state index is -4.02. The SMILES string of the molecule is Cc1ccc(S(=O)(=O)O)cc1.Cc1cnc2n1-c1ccc(Br)cc1C(c1ccccn1)=N[C@H]2CCC(=O)OC1CCCCC1. The molecular formula is C33H35BrN4O5S. The van der Waals surface area contributed by atoms with Gasteiger partial charge in [0.25, 0.3) is 10.1 Å². The summed E-state index contributed by atoms with van der Waals surface area (Å²) in [6, 6.07) is 17.7. The standard InChI is InChI=1S/C26H27BrN4O2.C7H8O3S/c1-17-16-29-26-22(11-13-24(32)33-19-7-3-2-4-8-19)30-25(21-9-5-6-14-28-21)20-15-18(27)10-12-23(20)31(17)26;1-6-2-4-7(5-3-6)11(8,9)10/h5-6,9-10,12,14-16,19,22H,2-4,7-8,11,13H2,1H3;2-5H,1H3,(H,8,9,10)/t22-;/m0./s1. The molecule has 1 saturated carbocycles. The van der Waals surface area contributed by atoms with Crippen molar-refractivity contribution in [2.24, 2.45) is 4.99 Å². The lowest BCUT2D eigenvalue weighted by Crippen LogP contribution is -2.21. The predicted molar refractivity (Wildman–Crippen MR) is 172 cm³/mol. The number of benzene rings is 2. The highest BCUT2D eigenvalue weighted by Crippen LogP contribution is 2.35. The van der Waals surface area contributed by atoms with Crippen molar-refractivity contribution in [2.75, 3.05) is 0 Å². The summed E-state index contributed by atoms with van der Waals surface area (Å²) in [5.41, 5.74) is 5.59. The van der Waals surface area contributed by atoms with Crippen LogP contribution >= 0.6 is 15.9 Å². The van der Waals surface area contributed by atoms with E-state index >= 15 is 0 Å². The van der Waals surface area contributed by atoms with E-state index in [-0.39, 0.29) is 23.0 Å². The number of esters is 1. The molecule has 6 rings (SSSR count). The molecule has 1 atom stereocenters. The van der Waals surface area contributed by atoms with Crippen molar-refractivity contribution in [3.05, 3.63) is 106 Å². The molecule has 1 aliphatic carbocycles. The number of fused-ring (bicyclic) bond motifs is 3. The van der Waals surface area contributed by atoms with Crippen molar-refractivity contribution in [3.63, 3.8) is 0 Å². The quantitative estimate of drug-likeness (QED) is 0.170. The second-order valence-corrected chi connectivity index (χ2v) is 13.4. The summed E-state index contributed by atoms with van der Waals surface area (Å²) in [5.74, 6) is 0.697. The van der Waals surface area contributed by atoms with Crippen molar-refractivity contribution < 1.29 is 22.5 Å². The molecule has 0 amide bonds. The highest BCUT2D eigenvalue weighted by Gasteiger charge is 2.29. The van der Waals surface area contributed by atoms with E-state index in [1.807, 2.05) is 44.3 Å². The average Bonchev–Trinajstić information content (AvgIpc) is 3.32. The van der Waals surface area contributed by atoms with Crippen LogP contribution in [0.1, 0.15) is 79.3 Å². The van der Waals surface area contributed by atoms with Gasteiger partial charge in [-0.1, -0.05) is 46.1 Å². The Hall–Kier alpha value is -3.67. The van der Waals surface area contributed by atoms with Gasteiger partial charge >= 0.3 is 5.97 Å². The molecule has 2 aromatic carbocycles. The van der Waals surface area contributed by atoms with Crippen LogP contribution in [0.3, 0.4) is 0 Å². The van der Waals surface area contributed by atoms with Gasteiger partial charge in [-0.05, 0) is 88.4 Å². The minimum absolute atomic E-state index is 0.0666. The van der Waals surface area contributed by atoms with Gasteiger partial charge in [-0.15, -0.1) is 0 Å². The van der Waals surface area contributed by atoms with E-state index in [0.717, 1.165) is 69.9 Å². The Morgan fingerprint density at radius 3 is 2.45 bits per heavy atom. The normalized spacial score (nSPS) is 16.5. The number of pyridine rings is 1. The zero-order valence-electron chi connectivity index (χ0n) is 24.7. The van der Waals surface area contributed by atoms with Crippen molar-refractivity contribution in [1.82, 2.24) is 14.5 Å². The van der Waals surface area contributed by atoms with E-state index in [1.165, 1.54) is 18.6 Å². The van der Waals surface area contributed by atoms with Crippen molar-refractivity contribution in [2.45, 2.75) is 75.8 Å². The van der Waals surface area contributed by atoms with E-state index in [0.29, 0.717) is 12.8 Å². The molecule has 11 heteroatoms. The molecule has 0 unspecified atom stereocenters. The summed E-state index contributed by atoms with van der Waals surface area (Å²) >= 11 is 3.62. The largest absolute Gasteiger partial charge is 0.462 e. The Kier molecular flexibility index (Phi) is 10.1. The molecule has 1 fully saturated rings. The van der Waals surface area contributed by atoms with Crippen LogP contribution in [0.25, 0.3) is 5.69 Å². The highest BCUT2D eigenvalue weighted by molar-refractivity contribution is 9.10. The third-order valence-electron chi connectivity index (χ3n) is 7.70. The lowest BCUT2D eigenvalue weighted by Gasteiger charge is -2.22. The van der Waals surface area contributed by atoms with Gasteiger partial charge in [0, 0.05) is 34.5 Å². The number of carbonyl (C=O) groups is 1. The maximum Gasteiger partial charge on any atom is 0.306 e. The molecule has 1 aliphatic heterocycles. The maximum absolute atomic E-state index is 12.7. The number of imidazole rings is 1. The lowest BCUT2D eigenvalue weighted by molar-refractivity contribution is -0.150. The fourth-order valence-electron chi connectivity index (χ4n) is 5.47. The first-order valence-electron chi connectivity index (χ1n) is 14.7. The molecule has 0 spiro atoms. The van der Waals surface area contributed by atoms with Gasteiger partial charge in [0.1, 0.15) is 18.0 Å². The second-order valence-electron chi connectivity index (χ2n) is 11.0. The number of carbonyl (C=O) groups excluding carboxylic acids is 1. The van der Waals surface area contributed by atoms with Crippen LogP contribution in [0, 0.1) is 13.8 Å². The number of aromatic nitrogens is 3. The summed E-state index contributed by atoms with van der Waals surface area (Å²) in [6.45, 7) is 3.89. The summed E-state index contributed by atoms with van der Waals surface area (Å²) in [4.78, 5) is 27.0. The van der Waals surface area contributed by atoms with Crippen LogP contribution in [-0.2, 0) is 19.6 Å². The Bertz CT molecular complexity index is 1750. The monoisotopic (exact) mass is 678 g/mol. The summed E-state index contributed by atoms with van der Waals surface area (Å²) < 4.78 is 38.4. The molecule has 0 bridgehead atoms. The van der Waals surface area contributed by atoms with E-state index < -0.39 is 10.1 Å². The number of halogens is 1. The van der Waals surface area contributed by atoms with Crippen LogP contribution in [0.5, 0.6) is 0 Å². The number of nitrogens with zero attached hydrogens (tertiary/aromatic N) is 4. The number of rotatable bonds is 6. The third-order valence-corrected chi connectivity index (χ3v) is 9.06. The number of hydrogen-bond acceptors (Lipinski definition) is 7. The molecule has 0 saturated heterocycles. The van der Waals surface area contributed by atoms with Crippen LogP contribution in [0.4, 0.5) is 0 Å². The van der Waals surface area contributed by atoms with Crippen LogP contribution in [0.2, 0.25) is 0 Å². The maximum atomic E-state index is 12.7. The van der Waals surface area contributed by atoms with Gasteiger partial charge in [-0.25, -0.2) is 4.98 Å². The first-order valence-corrected chi connectivity index (χ1v) is 16.9. The topological polar surface area (TPSA) is 124 Å². The fourth-order valence-corrected chi connectivity index (χ4v) is 6.31. The van der Waals surface area contributed by atoms with Crippen molar-refractivity contribution >= 4 is 37.7 Å². The Morgan fingerprint density at radius 2 is 1.77 bits per heavy atom. The van der Waals surface area contributed by atoms with Gasteiger partial charge < -0.3 is 4.74 Å². The van der Waals surface area contributed by atoms with Gasteiger partial charge in [-0.3, -0.25) is 23.9 Å². The molecule has 44 heavy (non-hydrogen) atoms. The van der Waals surface area contributed by atoms with Gasteiger partial charge in [0.2, 0.25) is 0 Å². The number of aliphatic imine (C=N–C) groups is 1. The summed E-state index contributed by atoms with van der Waals surface area (Å²) in [6.07, 6.45) is 10.0. The van der Waals surface area contributed by atoms with E-state index in [9.17, 15) is 13.2 Å². The zero-order chi connectivity index (χ0) is 31.3. The number of ether oxygens (including phenoxy) is 1. The molecule has 9 nitrogen and oxygen atoms in total. The second kappa shape index (κ2) is 14.0. The number of hydrogen-bond donors (Lipinski definition) is 1. The van der Waals surface area contributed by atoms with E-state index in [2.05, 4.69) is 37.6 Å². The molecule has 3 heterocycles. The lowest BCUT2D eigenvalue weighted by atomic mass is 9.98. The fraction of sp³-hybridized carbons (Fsp3) is 0.333. The van der Waals surface area contributed by atoms with Crippen LogP contribution < -0.4 is 0 Å². The molecule has 1 N–H and O–H groups in total. The molecule has 4 aromatic rings. The average molecular weight is 680 g/mol. The molecule has 2 aliphatic rings. The molecule has 2 aromatic heterocycles. The van der Waals surface area contributed by atoms with Gasteiger partial charge in [-0.2, -0.15) is 8.42 Å². The predicted octanol–water partition coefficient (Wildman–Crippen LogP) is 7.13. The zero-order valence-corrected chi connectivity index (χ0v) is 27.1. The minimum Gasteiger partial charge on any atom is -0.462 e. The highest BCUT2D eigenvalue weighted by atomic mass is 79.9. The smallest absolute Gasteiger partial charge is 0.306 e. The third kappa shape index (κ3) is 7.69. The molecular weight excluding hydrogens is 644 g/mol. The Morgan fingerprint density at radius 1 is 1.02 bits per heavy atom. The Labute approximate surface area is 266 Å². The van der Waals surface area contributed by atoms with Gasteiger partial charge in [0.15, 0.2) is 0 Å². The Balaban J connectivity index is 0.000000296. The summed E-state index contributed by atoms with van der Waals surface area (Å²) in [5, 5.41) is 0. The molecule has 0 radical (unpaired) electrons. The van der Waals surface area contributed by atoms with E-state index in [1.54, 1.807) is 18.3 Å². The van der Waals surface area contributed by atoms with Crippen molar-refractivity contribution in [3.8, 4) is 5.69 Å². The van der Waals surface area contributed by atoms with Gasteiger partial charge in [0.05, 0.1) is 22.0 Å². The van der Waals surface area contributed by atoms with Crippen LogP contribution in [-0.4, -0.2) is 45.3 Å². The first-order chi connectivity index (χ1) is 21.1. The number of aryl methyl sites for hydroxylation is 2. The van der Waals surface area contributed by atoms with E-state index in [4.69, 9.17) is 19.3 Å². The van der Waals surface area contributed by atoms with Crippen molar-refractivity contribution in [1.29, 1.82) is 0 Å². The first kappa shape index (κ1) is 31.7. The molecule has 230 valence electrons. The summed E-state index contributed by atoms with van der Waals surface area (Å²) in [7, 11) is -4.02. The van der Waals surface area contributed by atoms with Crippen LogP contribution in [0.15, 0.2) is 87.4 Å².